The predicted octanol–water partition coefficient (Wildman–Crippen LogP) is 6.89. The summed E-state index contributed by atoms with van der Waals surface area (Å²) in [5, 5.41) is 9.92. The van der Waals surface area contributed by atoms with E-state index < -0.39 is 30.1 Å². The van der Waals surface area contributed by atoms with Crippen molar-refractivity contribution in [2.24, 2.45) is 0 Å². The number of hydrogen-bond donors (Lipinski definition) is 1. The standard InChI is InChI=1S/C24H16BrF4NO3/c25-18-3-6-22(33-13-16-1-4-19(26)11-20(16)24(27,28)29)17(10-18)12-30-8-7-14-9-15(23(31)32)2-5-21(14)30/h1-11H,12-13H2,(H,31,32). The molecule has 0 unspecified atom stereocenters. The van der Waals surface area contributed by atoms with Crippen LogP contribution >= 0.6 is 15.9 Å². The van der Waals surface area contributed by atoms with Crippen molar-refractivity contribution >= 4 is 32.8 Å². The van der Waals surface area contributed by atoms with Crippen LogP contribution in [0.3, 0.4) is 0 Å². The van der Waals surface area contributed by atoms with Gasteiger partial charge in [-0.2, -0.15) is 13.2 Å². The Labute approximate surface area is 194 Å². The lowest BCUT2D eigenvalue weighted by Crippen LogP contribution is -2.12. The number of aromatic carboxylic acids is 1. The van der Waals surface area contributed by atoms with E-state index in [-0.39, 0.29) is 11.1 Å². The van der Waals surface area contributed by atoms with Gasteiger partial charge in [-0.25, -0.2) is 9.18 Å². The van der Waals surface area contributed by atoms with Gasteiger partial charge < -0.3 is 14.4 Å². The highest BCUT2D eigenvalue weighted by atomic mass is 79.9. The normalized spacial score (nSPS) is 11.7. The SMILES string of the molecule is O=C(O)c1ccc2c(ccn2Cc2cc(Br)ccc2OCc2ccc(F)cc2C(F)(F)F)c1. The molecule has 4 nitrogen and oxygen atoms in total. The van der Waals surface area contributed by atoms with Crippen LogP contribution < -0.4 is 4.74 Å². The number of nitrogens with zero attached hydrogens (tertiary/aromatic N) is 1. The average molecular weight is 522 g/mol. The lowest BCUT2D eigenvalue weighted by Gasteiger charge is -2.16. The van der Waals surface area contributed by atoms with Gasteiger partial charge in [-0.1, -0.05) is 22.0 Å². The summed E-state index contributed by atoms with van der Waals surface area (Å²) in [7, 11) is 0. The number of fused-ring (bicyclic) bond motifs is 1. The van der Waals surface area contributed by atoms with Crippen molar-refractivity contribution in [1.29, 1.82) is 0 Å². The third kappa shape index (κ3) is 5.03. The van der Waals surface area contributed by atoms with Crippen molar-refractivity contribution < 1.29 is 32.2 Å². The van der Waals surface area contributed by atoms with Crippen molar-refractivity contribution in [2.75, 3.05) is 0 Å². The predicted molar refractivity (Wildman–Crippen MR) is 118 cm³/mol. The summed E-state index contributed by atoms with van der Waals surface area (Å²) in [6.45, 7) is -0.0572. The molecular formula is C24H16BrF4NO3. The molecule has 1 aromatic heterocycles. The first kappa shape index (κ1) is 22.8. The number of carboxylic acid groups (broad SMARTS) is 1. The molecule has 9 heteroatoms. The Morgan fingerprint density at radius 3 is 2.52 bits per heavy atom. The number of benzene rings is 3. The molecule has 0 aliphatic carbocycles. The Morgan fingerprint density at radius 1 is 1.00 bits per heavy atom. The van der Waals surface area contributed by atoms with E-state index >= 15 is 0 Å². The molecule has 0 aliphatic heterocycles. The lowest BCUT2D eigenvalue weighted by molar-refractivity contribution is -0.138. The molecule has 1 heterocycles. The lowest BCUT2D eigenvalue weighted by atomic mass is 10.1. The Morgan fingerprint density at radius 2 is 1.79 bits per heavy atom. The van der Waals surface area contributed by atoms with Gasteiger partial charge in [0.1, 0.15) is 18.2 Å². The van der Waals surface area contributed by atoms with Crippen LogP contribution in [0.25, 0.3) is 10.9 Å². The van der Waals surface area contributed by atoms with E-state index in [2.05, 4.69) is 15.9 Å². The molecule has 0 radical (unpaired) electrons. The fraction of sp³-hybridized carbons (Fsp3) is 0.125. The molecule has 0 aliphatic rings. The van der Waals surface area contributed by atoms with Crippen LogP contribution in [0.15, 0.2) is 71.3 Å². The number of carboxylic acids is 1. The van der Waals surface area contributed by atoms with Gasteiger partial charge in [0.15, 0.2) is 0 Å². The van der Waals surface area contributed by atoms with Crippen LogP contribution in [-0.2, 0) is 19.3 Å². The second-order valence-electron chi connectivity index (χ2n) is 7.36. The fourth-order valence-corrected chi connectivity index (χ4v) is 3.97. The number of ether oxygens (including phenoxy) is 1. The maximum Gasteiger partial charge on any atom is 0.416 e. The van der Waals surface area contributed by atoms with E-state index in [0.717, 1.165) is 27.5 Å². The van der Waals surface area contributed by atoms with Gasteiger partial charge in [-0.05, 0) is 54.6 Å². The summed E-state index contributed by atoms with van der Waals surface area (Å²) < 4.78 is 61.6. The second kappa shape index (κ2) is 8.90. The number of halogens is 5. The van der Waals surface area contributed by atoms with Gasteiger partial charge in [0.25, 0.3) is 0 Å². The minimum atomic E-state index is -4.71. The number of rotatable bonds is 6. The van der Waals surface area contributed by atoms with Crippen molar-refractivity contribution in [3.05, 3.63) is 99.4 Å². The first-order valence-corrected chi connectivity index (χ1v) is 10.5. The van der Waals surface area contributed by atoms with Crippen LogP contribution in [0.5, 0.6) is 5.75 Å². The quantitative estimate of drug-likeness (QED) is 0.281. The first-order valence-electron chi connectivity index (χ1n) is 9.71. The van der Waals surface area contributed by atoms with Gasteiger partial charge in [-0.3, -0.25) is 0 Å². The Kier molecular flexibility index (Phi) is 6.16. The van der Waals surface area contributed by atoms with Gasteiger partial charge in [0, 0.05) is 32.7 Å². The largest absolute Gasteiger partial charge is 0.489 e. The molecule has 0 bridgehead atoms. The molecule has 0 fully saturated rings. The summed E-state index contributed by atoms with van der Waals surface area (Å²) in [6, 6.07) is 14.2. The van der Waals surface area contributed by atoms with E-state index in [9.17, 15) is 27.5 Å². The highest BCUT2D eigenvalue weighted by molar-refractivity contribution is 9.10. The zero-order valence-electron chi connectivity index (χ0n) is 16.9. The Bertz CT molecular complexity index is 1350. The molecule has 0 atom stereocenters. The van der Waals surface area contributed by atoms with Gasteiger partial charge in [0.2, 0.25) is 0 Å². The molecule has 33 heavy (non-hydrogen) atoms. The van der Waals surface area contributed by atoms with E-state index in [0.29, 0.717) is 23.9 Å². The molecule has 1 N–H and O–H groups in total. The summed E-state index contributed by atoms with van der Waals surface area (Å²) in [6.07, 6.45) is -2.91. The van der Waals surface area contributed by atoms with E-state index in [1.165, 1.54) is 6.07 Å². The third-order valence-corrected chi connectivity index (χ3v) is 5.63. The average Bonchev–Trinajstić information content (AvgIpc) is 3.15. The van der Waals surface area contributed by atoms with E-state index in [4.69, 9.17) is 4.74 Å². The van der Waals surface area contributed by atoms with Crippen LogP contribution in [0, 0.1) is 5.82 Å². The van der Waals surface area contributed by atoms with Gasteiger partial charge >= 0.3 is 12.1 Å². The molecule has 0 amide bonds. The zero-order chi connectivity index (χ0) is 23.8. The molecule has 4 aromatic rings. The smallest absolute Gasteiger partial charge is 0.416 e. The fourth-order valence-electron chi connectivity index (χ4n) is 3.56. The molecule has 0 saturated heterocycles. The highest BCUT2D eigenvalue weighted by Gasteiger charge is 2.34. The summed E-state index contributed by atoms with van der Waals surface area (Å²) in [5.74, 6) is -1.62. The zero-order valence-corrected chi connectivity index (χ0v) is 18.5. The Balaban J connectivity index is 1.62. The molecular weight excluding hydrogens is 506 g/mol. The summed E-state index contributed by atoms with van der Waals surface area (Å²) >= 11 is 3.40. The van der Waals surface area contributed by atoms with E-state index in [1.807, 2.05) is 4.57 Å². The third-order valence-electron chi connectivity index (χ3n) is 5.14. The minimum absolute atomic E-state index is 0.173. The molecule has 170 valence electrons. The minimum Gasteiger partial charge on any atom is -0.489 e. The van der Waals surface area contributed by atoms with Crippen molar-refractivity contribution in [3.8, 4) is 5.75 Å². The van der Waals surface area contributed by atoms with Crippen LogP contribution in [0.4, 0.5) is 17.6 Å². The van der Waals surface area contributed by atoms with E-state index in [1.54, 1.807) is 42.6 Å². The number of hydrogen-bond acceptors (Lipinski definition) is 2. The number of aromatic nitrogens is 1. The number of carbonyl (C=O) groups is 1. The highest BCUT2D eigenvalue weighted by Crippen LogP contribution is 2.34. The van der Waals surface area contributed by atoms with Crippen LogP contribution in [0.1, 0.15) is 27.0 Å². The van der Waals surface area contributed by atoms with Crippen LogP contribution in [0.2, 0.25) is 0 Å². The Hall–Kier alpha value is -3.33. The van der Waals surface area contributed by atoms with Crippen molar-refractivity contribution in [2.45, 2.75) is 19.3 Å². The second-order valence-corrected chi connectivity index (χ2v) is 8.28. The van der Waals surface area contributed by atoms with Crippen molar-refractivity contribution in [1.82, 2.24) is 4.57 Å². The van der Waals surface area contributed by atoms with Crippen molar-refractivity contribution in [3.63, 3.8) is 0 Å². The molecule has 4 rings (SSSR count). The summed E-state index contributed by atoms with van der Waals surface area (Å²) in [4.78, 5) is 11.2. The van der Waals surface area contributed by atoms with Crippen LogP contribution in [-0.4, -0.2) is 15.6 Å². The monoisotopic (exact) mass is 521 g/mol. The van der Waals surface area contributed by atoms with Gasteiger partial charge in [0.05, 0.1) is 17.7 Å². The molecule has 0 saturated carbocycles. The molecule has 0 spiro atoms. The topological polar surface area (TPSA) is 51.5 Å². The maximum atomic E-state index is 13.4. The first-order chi connectivity index (χ1) is 15.6. The summed E-state index contributed by atoms with van der Waals surface area (Å²) in [5.41, 5.74) is 0.410. The van der Waals surface area contributed by atoms with Gasteiger partial charge in [-0.15, -0.1) is 0 Å². The molecule has 3 aromatic carbocycles. The number of alkyl halides is 3. The maximum absolute atomic E-state index is 13.4.